The molecule has 2 amide bonds. The largest absolute Gasteiger partial charge is 0.367 e. The molecule has 0 atom stereocenters. The second kappa shape index (κ2) is 10.9. The molecule has 33 heavy (non-hydrogen) atoms. The lowest BCUT2D eigenvalue weighted by Crippen LogP contribution is -2.47. The molecule has 1 fully saturated rings. The van der Waals surface area contributed by atoms with E-state index in [1.54, 1.807) is 18.2 Å². The number of aromatic nitrogens is 2. The van der Waals surface area contributed by atoms with Gasteiger partial charge in [-0.15, -0.1) is 0 Å². The summed E-state index contributed by atoms with van der Waals surface area (Å²) in [4.78, 5) is 23.6. The van der Waals surface area contributed by atoms with Gasteiger partial charge in [-0.3, -0.25) is 0 Å². The summed E-state index contributed by atoms with van der Waals surface area (Å²) in [6, 6.07) is 13.4. The molecule has 7 nitrogen and oxygen atoms in total. The van der Waals surface area contributed by atoms with Gasteiger partial charge in [0.1, 0.15) is 5.82 Å². The fraction of sp³-hybridized carbons (Fsp3) is 0.375. The zero-order chi connectivity index (χ0) is 23.2. The molecular formula is C24H28Cl2N6O. The number of carbonyl (C=O) groups is 1. The smallest absolute Gasteiger partial charge is 0.317 e. The summed E-state index contributed by atoms with van der Waals surface area (Å²) >= 11 is 12.3. The summed E-state index contributed by atoms with van der Waals surface area (Å²) in [5, 5.41) is 11.8. The van der Waals surface area contributed by atoms with E-state index in [1.807, 2.05) is 29.2 Å². The van der Waals surface area contributed by atoms with Crippen molar-refractivity contribution in [1.82, 2.24) is 20.2 Å². The first-order valence-electron chi connectivity index (χ1n) is 11.3. The van der Waals surface area contributed by atoms with E-state index < -0.39 is 0 Å². The molecule has 1 aliphatic rings. The Hall–Kier alpha value is -2.77. The van der Waals surface area contributed by atoms with Gasteiger partial charge in [0.2, 0.25) is 5.95 Å². The Morgan fingerprint density at radius 3 is 2.55 bits per heavy atom. The second-order valence-electron chi connectivity index (χ2n) is 8.19. The van der Waals surface area contributed by atoms with Crippen LogP contribution in [-0.2, 0) is 0 Å². The standard InChI is InChI=1S/C24H28Cl2N6O/c1-2-3-10-27-24(33)32-11-8-18(9-12-32)28-22-20-6-4-5-7-21(20)30-23(31-22)29-19-14-16(25)13-17(26)15-19/h4-7,13-15,18H,2-3,8-12H2,1H3,(H,27,33)(H2,28,29,30,31). The first-order valence-corrected chi connectivity index (χ1v) is 12.1. The summed E-state index contributed by atoms with van der Waals surface area (Å²) in [5.74, 6) is 1.23. The van der Waals surface area contributed by atoms with Crippen molar-refractivity contribution < 1.29 is 4.79 Å². The third-order valence-corrected chi connectivity index (χ3v) is 6.09. The van der Waals surface area contributed by atoms with Gasteiger partial charge in [0, 0.05) is 46.8 Å². The van der Waals surface area contributed by atoms with Crippen molar-refractivity contribution in [2.75, 3.05) is 30.3 Å². The number of carbonyl (C=O) groups excluding carboxylic acids is 1. The fourth-order valence-electron chi connectivity index (χ4n) is 3.90. The van der Waals surface area contributed by atoms with Gasteiger partial charge >= 0.3 is 6.03 Å². The maximum Gasteiger partial charge on any atom is 0.317 e. The Labute approximate surface area is 203 Å². The molecule has 0 bridgehead atoms. The molecule has 4 rings (SSSR count). The van der Waals surface area contributed by atoms with Crippen LogP contribution < -0.4 is 16.0 Å². The highest BCUT2D eigenvalue weighted by Gasteiger charge is 2.23. The third kappa shape index (κ3) is 6.18. The van der Waals surface area contributed by atoms with Gasteiger partial charge in [-0.1, -0.05) is 48.7 Å². The van der Waals surface area contributed by atoms with E-state index in [-0.39, 0.29) is 12.1 Å². The van der Waals surface area contributed by atoms with E-state index in [4.69, 9.17) is 28.2 Å². The molecule has 3 aromatic rings. The lowest BCUT2D eigenvalue weighted by molar-refractivity contribution is 0.183. The Balaban J connectivity index is 1.47. The van der Waals surface area contributed by atoms with Crippen LogP contribution in [0.1, 0.15) is 32.6 Å². The van der Waals surface area contributed by atoms with Crippen LogP contribution in [0.2, 0.25) is 10.0 Å². The van der Waals surface area contributed by atoms with E-state index in [2.05, 4.69) is 27.9 Å². The molecule has 0 aliphatic carbocycles. The van der Waals surface area contributed by atoms with Gasteiger partial charge in [-0.25, -0.2) is 9.78 Å². The summed E-state index contributed by atoms with van der Waals surface area (Å²) in [6.07, 6.45) is 3.78. The maximum atomic E-state index is 12.3. The number of unbranched alkanes of at least 4 members (excludes halogenated alkanes) is 1. The van der Waals surface area contributed by atoms with Gasteiger partial charge in [-0.2, -0.15) is 4.98 Å². The normalized spacial score (nSPS) is 14.3. The molecule has 9 heteroatoms. The van der Waals surface area contributed by atoms with Crippen LogP contribution in [0.5, 0.6) is 0 Å². The van der Waals surface area contributed by atoms with Crippen molar-refractivity contribution in [1.29, 1.82) is 0 Å². The predicted molar refractivity (Wildman–Crippen MR) is 136 cm³/mol. The van der Waals surface area contributed by atoms with Gasteiger partial charge in [0.25, 0.3) is 0 Å². The lowest BCUT2D eigenvalue weighted by Gasteiger charge is -2.32. The Kier molecular flexibility index (Phi) is 7.73. The van der Waals surface area contributed by atoms with Crippen molar-refractivity contribution in [3.05, 3.63) is 52.5 Å². The molecule has 2 heterocycles. The highest BCUT2D eigenvalue weighted by molar-refractivity contribution is 6.35. The topological polar surface area (TPSA) is 82.2 Å². The molecule has 1 aromatic heterocycles. The van der Waals surface area contributed by atoms with Crippen LogP contribution in [0, 0.1) is 0 Å². The van der Waals surface area contributed by atoms with Crippen molar-refractivity contribution >= 4 is 57.6 Å². The zero-order valence-corrected chi connectivity index (χ0v) is 20.1. The molecule has 1 aliphatic heterocycles. The molecule has 3 N–H and O–H groups in total. The summed E-state index contributed by atoms with van der Waals surface area (Å²) in [7, 11) is 0. The van der Waals surface area contributed by atoms with Crippen molar-refractivity contribution in [2.45, 2.75) is 38.6 Å². The first kappa shape index (κ1) is 23.4. The summed E-state index contributed by atoms with van der Waals surface area (Å²) < 4.78 is 0. The molecule has 1 saturated heterocycles. The number of hydrogen-bond donors (Lipinski definition) is 3. The number of rotatable bonds is 7. The molecule has 0 spiro atoms. The van der Waals surface area contributed by atoms with Crippen LogP contribution in [0.4, 0.5) is 22.2 Å². The molecular weight excluding hydrogens is 459 g/mol. The minimum absolute atomic E-state index is 0.0288. The number of nitrogens with one attached hydrogen (secondary N) is 3. The first-order chi connectivity index (χ1) is 16.0. The van der Waals surface area contributed by atoms with E-state index in [0.717, 1.165) is 54.6 Å². The predicted octanol–water partition coefficient (Wildman–Crippen LogP) is 6.07. The number of halogens is 2. The number of piperidine rings is 1. The summed E-state index contributed by atoms with van der Waals surface area (Å²) in [5.41, 5.74) is 1.55. The minimum Gasteiger partial charge on any atom is -0.367 e. The number of hydrogen-bond acceptors (Lipinski definition) is 5. The van der Waals surface area contributed by atoms with Gasteiger partial charge in [0.15, 0.2) is 0 Å². The number of anilines is 3. The molecule has 174 valence electrons. The highest BCUT2D eigenvalue weighted by atomic mass is 35.5. The Morgan fingerprint density at radius 2 is 1.82 bits per heavy atom. The zero-order valence-electron chi connectivity index (χ0n) is 18.6. The van der Waals surface area contributed by atoms with Crippen LogP contribution in [0.25, 0.3) is 10.9 Å². The third-order valence-electron chi connectivity index (χ3n) is 5.65. The molecule has 0 unspecified atom stereocenters. The van der Waals surface area contributed by atoms with Crippen molar-refractivity contribution in [3.8, 4) is 0 Å². The Morgan fingerprint density at radius 1 is 1.09 bits per heavy atom. The maximum absolute atomic E-state index is 12.3. The SMILES string of the molecule is CCCCNC(=O)N1CCC(Nc2nc(Nc3cc(Cl)cc(Cl)c3)nc3ccccc23)CC1. The van der Waals surface area contributed by atoms with Gasteiger partial charge < -0.3 is 20.9 Å². The number of urea groups is 1. The average molecular weight is 487 g/mol. The number of likely N-dealkylation sites (tertiary alicyclic amines) is 1. The van der Waals surface area contributed by atoms with Crippen molar-refractivity contribution in [3.63, 3.8) is 0 Å². The van der Waals surface area contributed by atoms with Crippen LogP contribution in [0.15, 0.2) is 42.5 Å². The second-order valence-corrected chi connectivity index (χ2v) is 9.06. The van der Waals surface area contributed by atoms with Gasteiger partial charge in [-0.05, 0) is 49.6 Å². The van der Waals surface area contributed by atoms with Crippen LogP contribution in [0.3, 0.4) is 0 Å². The Bertz CT molecular complexity index is 1100. The number of amides is 2. The fourth-order valence-corrected chi connectivity index (χ4v) is 4.43. The van der Waals surface area contributed by atoms with E-state index in [9.17, 15) is 4.79 Å². The number of benzene rings is 2. The summed E-state index contributed by atoms with van der Waals surface area (Å²) in [6.45, 7) is 4.27. The van der Waals surface area contributed by atoms with Gasteiger partial charge in [0.05, 0.1) is 5.52 Å². The molecule has 0 saturated carbocycles. The monoisotopic (exact) mass is 486 g/mol. The van der Waals surface area contributed by atoms with Crippen molar-refractivity contribution in [2.24, 2.45) is 0 Å². The van der Waals surface area contributed by atoms with E-state index in [0.29, 0.717) is 29.1 Å². The van der Waals surface area contributed by atoms with E-state index in [1.165, 1.54) is 0 Å². The molecule has 2 aromatic carbocycles. The number of para-hydroxylation sites is 1. The molecule has 0 radical (unpaired) electrons. The average Bonchev–Trinajstić information content (AvgIpc) is 2.79. The van der Waals surface area contributed by atoms with Crippen LogP contribution in [-0.4, -0.2) is 46.6 Å². The number of fused-ring (bicyclic) bond motifs is 1. The lowest BCUT2D eigenvalue weighted by atomic mass is 10.0. The van der Waals surface area contributed by atoms with E-state index >= 15 is 0 Å². The highest BCUT2D eigenvalue weighted by Crippen LogP contribution is 2.28. The quantitative estimate of drug-likeness (QED) is 0.353. The van der Waals surface area contributed by atoms with Crippen LogP contribution >= 0.6 is 23.2 Å². The minimum atomic E-state index is 0.0288. The number of nitrogens with zero attached hydrogens (tertiary/aromatic N) is 3.